The standard InChI is InChI=1S/C23H29N5O/c1-3-4-6-19-8-10-21(11-9-19)26(2)18-22(29)27-13-15-28(16-14-27)23-20(17-24)7-5-12-25-23/h5,7-12H,3-4,6,13-16,18H2,1-2H3. The van der Waals surface area contributed by atoms with Gasteiger partial charge in [0.25, 0.3) is 0 Å². The first-order valence-electron chi connectivity index (χ1n) is 10.3. The van der Waals surface area contributed by atoms with E-state index >= 15 is 0 Å². The highest BCUT2D eigenvalue weighted by Gasteiger charge is 2.24. The Morgan fingerprint density at radius 3 is 2.55 bits per heavy atom. The first-order chi connectivity index (χ1) is 14.1. The minimum atomic E-state index is 0.128. The van der Waals surface area contributed by atoms with Crippen molar-refractivity contribution in [1.29, 1.82) is 5.26 Å². The molecule has 0 saturated carbocycles. The van der Waals surface area contributed by atoms with Crippen LogP contribution < -0.4 is 9.80 Å². The number of hydrogen-bond acceptors (Lipinski definition) is 5. The number of amides is 1. The Morgan fingerprint density at radius 1 is 1.17 bits per heavy atom. The highest BCUT2D eigenvalue weighted by molar-refractivity contribution is 5.81. The maximum absolute atomic E-state index is 12.8. The molecule has 2 heterocycles. The molecule has 0 unspecified atom stereocenters. The zero-order valence-electron chi connectivity index (χ0n) is 17.3. The fraction of sp³-hybridized carbons (Fsp3) is 0.435. The summed E-state index contributed by atoms with van der Waals surface area (Å²) in [4.78, 5) is 23.1. The number of benzene rings is 1. The lowest BCUT2D eigenvalue weighted by Crippen LogP contribution is -2.51. The zero-order chi connectivity index (χ0) is 20.6. The van der Waals surface area contributed by atoms with Gasteiger partial charge in [0.1, 0.15) is 11.9 Å². The van der Waals surface area contributed by atoms with Crippen LogP contribution in [0, 0.1) is 11.3 Å². The number of anilines is 2. The third-order valence-electron chi connectivity index (χ3n) is 5.41. The van der Waals surface area contributed by atoms with Gasteiger partial charge in [0.2, 0.25) is 5.91 Å². The lowest BCUT2D eigenvalue weighted by molar-refractivity contribution is -0.129. The number of hydrogen-bond donors (Lipinski definition) is 0. The van der Waals surface area contributed by atoms with Gasteiger partial charge in [0, 0.05) is 45.1 Å². The highest BCUT2D eigenvalue weighted by atomic mass is 16.2. The summed E-state index contributed by atoms with van der Waals surface area (Å²) in [6, 6.07) is 14.3. The minimum Gasteiger partial charge on any atom is -0.365 e. The van der Waals surface area contributed by atoms with Gasteiger partial charge in [-0.2, -0.15) is 5.26 Å². The average molecular weight is 392 g/mol. The SMILES string of the molecule is CCCCc1ccc(N(C)CC(=O)N2CCN(c3ncccc3C#N)CC2)cc1. The van der Waals surface area contributed by atoms with Crippen molar-refractivity contribution in [2.24, 2.45) is 0 Å². The second kappa shape index (κ2) is 9.92. The highest BCUT2D eigenvalue weighted by Crippen LogP contribution is 2.19. The number of piperazine rings is 1. The molecule has 1 aliphatic heterocycles. The molecule has 6 heteroatoms. The van der Waals surface area contributed by atoms with Gasteiger partial charge in [-0.3, -0.25) is 4.79 Å². The summed E-state index contributed by atoms with van der Waals surface area (Å²) in [5.74, 6) is 0.839. The first kappa shape index (κ1) is 20.7. The van der Waals surface area contributed by atoms with Crippen molar-refractivity contribution < 1.29 is 4.79 Å². The van der Waals surface area contributed by atoms with E-state index in [-0.39, 0.29) is 5.91 Å². The van der Waals surface area contributed by atoms with Crippen molar-refractivity contribution in [2.75, 3.05) is 49.6 Å². The number of carbonyl (C=O) groups is 1. The molecule has 0 atom stereocenters. The maximum Gasteiger partial charge on any atom is 0.242 e. The van der Waals surface area contributed by atoms with Gasteiger partial charge in [0.15, 0.2) is 0 Å². The van der Waals surface area contributed by atoms with Gasteiger partial charge in [0.05, 0.1) is 12.1 Å². The van der Waals surface area contributed by atoms with Gasteiger partial charge in [-0.05, 0) is 42.7 Å². The minimum absolute atomic E-state index is 0.128. The lowest BCUT2D eigenvalue weighted by atomic mass is 10.1. The number of likely N-dealkylation sites (N-methyl/N-ethyl adjacent to an activating group) is 1. The number of unbranched alkanes of at least 4 members (excludes halogenated alkanes) is 1. The molecule has 0 N–H and O–H groups in total. The summed E-state index contributed by atoms with van der Waals surface area (Å²) in [6.07, 6.45) is 5.21. The van der Waals surface area contributed by atoms with Crippen LogP contribution in [0.25, 0.3) is 0 Å². The summed E-state index contributed by atoms with van der Waals surface area (Å²) in [5, 5.41) is 9.27. The van der Waals surface area contributed by atoms with E-state index in [1.54, 1.807) is 18.3 Å². The molecular formula is C23H29N5O. The number of nitriles is 1. The molecule has 2 aromatic rings. The predicted octanol–water partition coefficient (Wildman–Crippen LogP) is 3.08. The third-order valence-corrected chi connectivity index (χ3v) is 5.41. The van der Waals surface area contributed by atoms with Crippen LogP contribution in [-0.2, 0) is 11.2 Å². The molecule has 6 nitrogen and oxygen atoms in total. The Morgan fingerprint density at radius 2 is 1.90 bits per heavy atom. The van der Waals surface area contributed by atoms with Crippen LogP contribution in [0.5, 0.6) is 0 Å². The van der Waals surface area contributed by atoms with Crippen molar-refractivity contribution in [3.05, 3.63) is 53.7 Å². The summed E-state index contributed by atoms with van der Waals surface area (Å²) < 4.78 is 0. The summed E-state index contributed by atoms with van der Waals surface area (Å²) in [5.41, 5.74) is 2.98. The second-order valence-corrected chi connectivity index (χ2v) is 7.48. The Bertz CT molecular complexity index is 850. The Hall–Kier alpha value is -3.07. The van der Waals surface area contributed by atoms with E-state index in [0.29, 0.717) is 44.1 Å². The molecule has 1 fully saturated rings. The molecule has 1 aliphatic rings. The molecule has 1 saturated heterocycles. The summed E-state index contributed by atoms with van der Waals surface area (Å²) in [7, 11) is 1.96. The van der Waals surface area contributed by atoms with Crippen molar-refractivity contribution in [2.45, 2.75) is 26.2 Å². The molecular weight excluding hydrogens is 362 g/mol. The number of rotatable bonds is 7. The topological polar surface area (TPSA) is 63.5 Å². The van der Waals surface area contributed by atoms with E-state index in [4.69, 9.17) is 0 Å². The Labute approximate surface area is 173 Å². The Kier molecular flexibility index (Phi) is 7.07. The first-order valence-corrected chi connectivity index (χ1v) is 10.3. The fourth-order valence-electron chi connectivity index (χ4n) is 3.60. The van der Waals surface area contributed by atoms with E-state index in [1.165, 1.54) is 18.4 Å². The summed E-state index contributed by atoms with van der Waals surface area (Å²) in [6.45, 7) is 5.22. The van der Waals surface area contributed by atoms with E-state index in [2.05, 4.69) is 47.1 Å². The van der Waals surface area contributed by atoms with Gasteiger partial charge >= 0.3 is 0 Å². The van der Waals surface area contributed by atoms with Crippen molar-refractivity contribution in [3.8, 4) is 6.07 Å². The Balaban J connectivity index is 1.52. The normalized spacial score (nSPS) is 13.8. The number of carbonyl (C=O) groups excluding carboxylic acids is 1. The monoisotopic (exact) mass is 391 g/mol. The van der Waals surface area contributed by atoms with Crippen LogP contribution >= 0.6 is 0 Å². The summed E-state index contributed by atoms with van der Waals surface area (Å²) >= 11 is 0. The predicted molar refractivity (Wildman–Crippen MR) is 116 cm³/mol. The quantitative estimate of drug-likeness (QED) is 0.726. The molecule has 152 valence electrons. The zero-order valence-corrected chi connectivity index (χ0v) is 17.3. The van der Waals surface area contributed by atoms with Gasteiger partial charge in [-0.15, -0.1) is 0 Å². The van der Waals surface area contributed by atoms with E-state index in [9.17, 15) is 10.1 Å². The van der Waals surface area contributed by atoms with Crippen LogP contribution in [0.2, 0.25) is 0 Å². The molecule has 0 bridgehead atoms. The van der Waals surface area contributed by atoms with E-state index < -0.39 is 0 Å². The molecule has 0 spiro atoms. The molecule has 1 aromatic heterocycles. The molecule has 3 rings (SSSR count). The van der Waals surface area contributed by atoms with Crippen LogP contribution in [0.15, 0.2) is 42.6 Å². The number of nitrogens with zero attached hydrogens (tertiary/aromatic N) is 5. The number of aryl methyl sites for hydroxylation is 1. The largest absolute Gasteiger partial charge is 0.365 e. The van der Waals surface area contributed by atoms with Gasteiger partial charge in [-0.25, -0.2) is 4.98 Å². The molecule has 1 aromatic carbocycles. The van der Waals surface area contributed by atoms with Crippen molar-refractivity contribution in [1.82, 2.24) is 9.88 Å². The van der Waals surface area contributed by atoms with Crippen LogP contribution in [0.4, 0.5) is 11.5 Å². The molecule has 1 amide bonds. The number of aromatic nitrogens is 1. The smallest absolute Gasteiger partial charge is 0.242 e. The molecule has 29 heavy (non-hydrogen) atoms. The van der Waals surface area contributed by atoms with Crippen LogP contribution in [0.1, 0.15) is 30.9 Å². The van der Waals surface area contributed by atoms with Gasteiger partial charge < -0.3 is 14.7 Å². The lowest BCUT2D eigenvalue weighted by Gasteiger charge is -2.36. The van der Waals surface area contributed by atoms with Crippen molar-refractivity contribution in [3.63, 3.8) is 0 Å². The van der Waals surface area contributed by atoms with Crippen molar-refractivity contribution >= 4 is 17.4 Å². The average Bonchev–Trinajstić information content (AvgIpc) is 2.78. The van der Waals surface area contributed by atoms with Gasteiger partial charge in [-0.1, -0.05) is 25.5 Å². The van der Waals surface area contributed by atoms with Crippen LogP contribution in [-0.4, -0.2) is 55.6 Å². The van der Waals surface area contributed by atoms with Crippen LogP contribution in [0.3, 0.4) is 0 Å². The van der Waals surface area contributed by atoms with E-state index in [0.717, 1.165) is 12.1 Å². The fourth-order valence-corrected chi connectivity index (χ4v) is 3.60. The second-order valence-electron chi connectivity index (χ2n) is 7.48. The molecule has 0 aliphatic carbocycles. The number of pyridine rings is 1. The third kappa shape index (κ3) is 5.26. The molecule has 0 radical (unpaired) electrons. The van der Waals surface area contributed by atoms with E-state index in [1.807, 2.05) is 16.8 Å². The maximum atomic E-state index is 12.8.